The minimum atomic E-state index is 0. The fourth-order valence-corrected chi connectivity index (χ4v) is 1.21. The molecule has 0 saturated heterocycles. The Morgan fingerprint density at radius 3 is 2.00 bits per heavy atom. The van der Waals surface area contributed by atoms with Crippen LogP contribution in [0.2, 0.25) is 0 Å². The van der Waals surface area contributed by atoms with E-state index in [0.717, 1.165) is 10.8 Å². The number of hydrogen-bond donors (Lipinski definition) is 1. The van der Waals surface area contributed by atoms with Gasteiger partial charge in [-0.1, -0.05) is 36.4 Å². The first kappa shape index (κ1) is 16.1. The van der Waals surface area contributed by atoms with Gasteiger partial charge in [-0.25, -0.2) is 0 Å². The molecule has 0 heterocycles. The number of phenolic OH excluding ortho intramolecular Hbond substituents is 1. The standard InChI is InChI=1S/C10H8O.C3H9N.K.H/c11-10-7-3-5-8-4-1-2-6-9(8)10;1-4(2)3;;/h1-7,11H;1-3H3;;/q;;+1;-1. The van der Waals surface area contributed by atoms with Crippen LogP contribution in [0.25, 0.3) is 10.8 Å². The van der Waals surface area contributed by atoms with E-state index in [1.807, 2.05) is 62.4 Å². The zero-order valence-corrected chi connectivity index (χ0v) is 13.6. The molecule has 0 saturated carbocycles. The van der Waals surface area contributed by atoms with E-state index in [0.29, 0.717) is 5.75 Å². The van der Waals surface area contributed by atoms with Crippen molar-refractivity contribution < 1.29 is 57.9 Å². The summed E-state index contributed by atoms with van der Waals surface area (Å²) in [5.74, 6) is 0.350. The Kier molecular flexibility index (Phi) is 8.28. The van der Waals surface area contributed by atoms with E-state index in [9.17, 15) is 5.11 Å². The number of aromatic hydroxyl groups is 1. The Bertz CT molecular complexity index is 426. The maximum absolute atomic E-state index is 9.37. The van der Waals surface area contributed by atoms with E-state index in [1.165, 1.54) is 0 Å². The van der Waals surface area contributed by atoms with E-state index in [1.54, 1.807) is 6.07 Å². The second-order valence-electron chi connectivity index (χ2n) is 3.84. The molecule has 0 aliphatic rings. The van der Waals surface area contributed by atoms with Crippen LogP contribution in [0.15, 0.2) is 42.5 Å². The zero-order valence-electron chi connectivity index (χ0n) is 11.4. The molecule has 2 rings (SSSR count). The molecule has 0 radical (unpaired) electrons. The molecule has 0 bridgehead atoms. The van der Waals surface area contributed by atoms with Gasteiger partial charge in [0, 0.05) is 5.39 Å². The fourth-order valence-electron chi connectivity index (χ4n) is 1.21. The van der Waals surface area contributed by atoms with E-state index in [4.69, 9.17) is 0 Å². The van der Waals surface area contributed by atoms with Crippen LogP contribution in [0, 0.1) is 0 Å². The molecule has 3 heteroatoms. The molecular weight excluding hydrogens is 225 g/mol. The van der Waals surface area contributed by atoms with Crippen molar-refractivity contribution in [2.75, 3.05) is 21.1 Å². The van der Waals surface area contributed by atoms with Gasteiger partial charge in [-0.05, 0) is 32.6 Å². The third-order valence-corrected chi connectivity index (χ3v) is 1.77. The summed E-state index contributed by atoms with van der Waals surface area (Å²) in [5.41, 5.74) is 0. The van der Waals surface area contributed by atoms with Gasteiger partial charge in [0.2, 0.25) is 0 Å². The molecule has 0 amide bonds. The van der Waals surface area contributed by atoms with Crippen LogP contribution in [0.1, 0.15) is 1.43 Å². The summed E-state index contributed by atoms with van der Waals surface area (Å²) in [6.45, 7) is 0. The monoisotopic (exact) mass is 243 g/mol. The molecule has 16 heavy (non-hydrogen) atoms. The Morgan fingerprint density at radius 2 is 1.44 bits per heavy atom. The van der Waals surface area contributed by atoms with Crippen LogP contribution >= 0.6 is 0 Å². The molecule has 0 aliphatic carbocycles. The molecule has 0 spiro atoms. The van der Waals surface area contributed by atoms with Crippen molar-refractivity contribution in [2.24, 2.45) is 0 Å². The van der Waals surface area contributed by atoms with Crippen LogP contribution in [-0.2, 0) is 0 Å². The van der Waals surface area contributed by atoms with E-state index in [-0.39, 0.29) is 52.8 Å². The summed E-state index contributed by atoms with van der Waals surface area (Å²) in [4.78, 5) is 2.00. The Balaban J connectivity index is 0. The number of fused-ring (bicyclic) bond motifs is 1. The van der Waals surface area contributed by atoms with Crippen LogP contribution in [-0.4, -0.2) is 31.1 Å². The number of nitrogens with zero attached hydrogens (tertiary/aromatic N) is 1. The first-order chi connectivity index (χ1) is 7.11. The number of phenols is 1. The Morgan fingerprint density at radius 1 is 0.938 bits per heavy atom. The number of hydrogen-bond acceptors (Lipinski definition) is 2. The van der Waals surface area contributed by atoms with Gasteiger partial charge in [0.1, 0.15) is 5.75 Å². The van der Waals surface area contributed by atoms with Crippen molar-refractivity contribution in [1.82, 2.24) is 4.90 Å². The fraction of sp³-hybridized carbons (Fsp3) is 0.231. The molecule has 0 fully saturated rings. The van der Waals surface area contributed by atoms with Crippen LogP contribution in [0.5, 0.6) is 5.75 Å². The Labute approximate surface area is 141 Å². The first-order valence-corrected chi connectivity index (χ1v) is 4.89. The molecule has 0 aromatic heterocycles. The van der Waals surface area contributed by atoms with Gasteiger partial charge in [0.05, 0.1) is 0 Å². The maximum Gasteiger partial charge on any atom is 1.00 e. The van der Waals surface area contributed by atoms with Crippen molar-refractivity contribution >= 4 is 10.8 Å². The van der Waals surface area contributed by atoms with Crippen LogP contribution in [0.4, 0.5) is 0 Å². The summed E-state index contributed by atoms with van der Waals surface area (Å²) in [6, 6.07) is 13.3. The molecule has 1 N–H and O–H groups in total. The van der Waals surface area contributed by atoms with Gasteiger partial charge in [-0.15, -0.1) is 0 Å². The van der Waals surface area contributed by atoms with E-state index in [2.05, 4.69) is 0 Å². The van der Waals surface area contributed by atoms with Crippen molar-refractivity contribution in [1.29, 1.82) is 0 Å². The van der Waals surface area contributed by atoms with Crippen molar-refractivity contribution in [3.8, 4) is 5.75 Å². The van der Waals surface area contributed by atoms with Gasteiger partial charge in [-0.3, -0.25) is 0 Å². The Hall–Kier alpha value is 0.0964. The maximum atomic E-state index is 9.37. The minimum absolute atomic E-state index is 0. The normalized spacial score (nSPS) is 9.25. The molecule has 2 aromatic rings. The molecular formula is C13H18KNO. The number of rotatable bonds is 0. The zero-order chi connectivity index (χ0) is 11.3. The van der Waals surface area contributed by atoms with Gasteiger partial charge in [0.25, 0.3) is 0 Å². The summed E-state index contributed by atoms with van der Waals surface area (Å²) < 4.78 is 0. The predicted octanol–water partition coefficient (Wildman–Crippen LogP) is -0.160. The molecule has 0 atom stereocenters. The topological polar surface area (TPSA) is 23.5 Å². The van der Waals surface area contributed by atoms with Gasteiger partial charge >= 0.3 is 51.4 Å². The second kappa shape index (κ2) is 8.23. The summed E-state index contributed by atoms with van der Waals surface area (Å²) in [7, 11) is 6.00. The third kappa shape index (κ3) is 5.43. The minimum Gasteiger partial charge on any atom is -1.00 e. The smallest absolute Gasteiger partial charge is 1.00 e. The summed E-state index contributed by atoms with van der Waals surface area (Å²) >= 11 is 0. The van der Waals surface area contributed by atoms with Crippen molar-refractivity contribution in [3.05, 3.63) is 42.5 Å². The number of benzene rings is 2. The molecule has 82 valence electrons. The van der Waals surface area contributed by atoms with Gasteiger partial charge < -0.3 is 11.4 Å². The summed E-state index contributed by atoms with van der Waals surface area (Å²) in [6.07, 6.45) is 0. The van der Waals surface area contributed by atoms with Gasteiger partial charge in [-0.2, -0.15) is 0 Å². The molecule has 2 aromatic carbocycles. The largest absolute Gasteiger partial charge is 1.00 e. The summed E-state index contributed by atoms with van der Waals surface area (Å²) in [5, 5.41) is 11.4. The molecule has 0 aliphatic heterocycles. The quantitative estimate of drug-likeness (QED) is 0.650. The predicted molar refractivity (Wildman–Crippen MR) is 66.3 cm³/mol. The molecule has 0 unspecified atom stereocenters. The molecule has 2 nitrogen and oxygen atoms in total. The average molecular weight is 243 g/mol. The van der Waals surface area contributed by atoms with Gasteiger partial charge in [0.15, 0.2) is 0 Å². The van der Waals surface area contributed by atoms with Crippen molar-refractivity contribution in [3.63, 3.8) is 0 Å². The van der Waals surface area contributed by atoms with Crippen molar-refractivity contribution in [2.45, 2.75) is 0 Å². The average Bonchev–Trinajstić information content (AvgIpc) is 2.18. The van der Waals surface area contributed by atoms with E-state index >= 15 is 0 Å². The SMILES string of the molecule is CN(C)C.Oc1cccc2ccccc12.[H-].[K+]. The van der Waals surface area contributed by atoms with E-state index < -0.39 is 0 Å². The third-order valence-electron chi connectivity index (χ3n) is 1.77. The first-order valence-electron chi connectivity index (χ1n) is 4.89. The van der Waals surface area contributed by atoms with Crippen LogP contribution < -0.4 is 51.4 Å². The van der Waals surface area contributed by atoms with Crippen LogP contribution in [0.3, 0.4) is 0 Å². The second-order valence-corrected chi connectivity index (χ2v) is 3.84.